The maximum atomic E-state index is 13.0. The molecule has 2 unspecified atom stereocenters. The number of likely N-dealkylation sites (tertiary alicyclic amines) is 1. The van der Waals surface area contributed by atoms with E-state index in [0.717, 1.165) is 50.3 Å². The van der Waals surface area contributed by atoms with Gasteiger partial charge in [0.15, 0.2) is 0 Å². The van der Waals surface area contributed by atoms with Crippen LogP contribution in [-0.4, -0.2) is 58.9 Å². The molecule has 1 saturated heterocycles. The number of amides is 1. The Labute approximate surface area is 224 Å². The van der Waals surface area contributed by atoms with E-state index in [9.17, 15) is 9.59 Å². The summed E-state index contributed by atoms with van der Waals surface area (Å²) < 4.78 is 11.3. The minimum atomic E-state index is -0.187. The highest BCUT2D eigenvalue weighted by molar-refractivity contribution is 8.11. The second-order valence-corrected chi connectivity index (χ2v) is 11.5. The van der Waals surface area contributed by atoms with Gasteiger partial charge in [-0.2, -0.15) is 5.10 Å². The Kier molecular flexibility index (Phi) is 8.35. The van der Waals surface area contributed by atoms with Crippen LogP contribution in [0.1, 0.15) is 52.1 Å². The molecule has 0 aliphatic carbocycles. The highest BCUT2D eigenvalue weighted by Gasteiger charge is 2.35. The van der Waals surface area contributed by atoms with Gasteiger partial charge in [0.2, 0.25) is 0 Å². The highest BCUT2D eigenvalue weighted by atomic mass is 32.2. The Bertz CT molecular complexity index is 1350. The van der Waals surface area contributed by atoms with Gasteiger partial charge in [0.1, 0.15) is 23.1 Å². The average Bonchev–Trinajstić information content (AvgIpc) is 3.54. The second kappa shape index (κ2) is 11.5. The third-order valence-electron chi connectivity index (χ3n) is 6.19. The molecule has 9 nitrogen and oxygen atoms in total. The first kappa shape index (κ1) is 26.9. The Morgan fingerprint density at radius 1 is 1.30 bits per heavy atom. The van der Waals surface area contributed by atoms with Gasteiger partial charge in [-0.15, -0.1) is 0 Å². The summed E-state index contributed by atoms with van der Waals surface area (Å²) in [5.41, 5.74) is 3.41. The molecule has 1 aromatic carbocycles. The van der Waals surface area contributed by atoms with Gasteiger partial charge in [-0.25, -0.2) is 5.10 Å². The van der Waals surface area contributed by atoms with Crippen LogP contribution in [0.15, 0.2) is 50.6 Å². The molecule has 37 heavy (non-hydrogen) atoms. The maximum Gasteiger partial charge on any atom is 0.322 e. The smallest absolute Gasteiger partial charge is 0.322 e. The van der Waals surface area contributed by atoms with Crippen LogP contribution in [0.25, 0.3) is 4.91 Å². The van der Waals surface area contributed by atoms with Crippen molar-refractivity contribution < 1.29 is 14.1 Å². The summed E-state index contributed by atoms with van der Waals surface area (Å²) in [5.74, 6) is 1.21. The number of hydrogen-bond acceptors (Lipinski definition) is 9. The van der Waals surface area contributed by atoms with Crippen LogP contribution in [0.2, 0.25) is 0 Å². The molecule has 3 heterocycles. The van der Waals surface area contributed by atoms with E-state index in [0.29, 0.717) is 29.5 Å². The van der Waals surface area contributed by atoms with Crippen molar-refractivity contribution in [2.24, 2.45) is 0 Å². The Morgan fingerprint density at radius 2 is 2.03 bits per heavy atom. The van der Waals surface area contributed by atoms with Crippen molar-refractivity contribution in [1.29, 1.82) is 0 Å². The van der Waals surface area contributed by atoms with Gasteiger partial charge in [0.25, 0.3) is 5.91 Å². The minimum Gasteiger partial charge on any atom is -0.488 e. The predicted molar refractivity (Wildman–Crippen MR) is 147 cm³/mol. The van der Waals surface area contributed by atoms with Crippen LogP contribution >= 0.6 is 23.1 Å². The molecule has 0 bridgehead atoms. The molecule has 1 aliphatic heterocycles. The topological polar surface area (TPSA) is 113 Å². The van der Waals surface area contributed by atoms with Gasteiger partial charge >= 0.3 is 4.87 Å². The molecule has 4 rings (SSSR count). The van der Waals surface area contributed by atoms with E-state index in [1.165, 1.54) is 0 Å². The lowest BCUT2D eigenvalue weighted by molar-refractivity contribution is 0.0935. The molecule has 11 heteroatoms. The van der Waals surface area contributed by atoms with Crippen molar-refractivity contribution in [2.75, 3.05) is 26.7 Å². The van der Waals surface area contributed by atoms with Gasteiger partial charge in [-0.1, -0.05) is 40.4 Å². The first-order valence-corrected chi connectivity index (χ1v) is 13.5. The van der Waals surface area contributed by atoms with Crippen LogP contribution in [0.5, 0.6) is 5.75 Å². The number of aromatic amines is 1. The first-order chi connectivity index (χ1) is 17.6. The molecule has 2 N–H and O–H groups in total. The van der Waals surface area contributed by atoms with Gasteiger partial charge in [0, 0.05) is 34.4 Å². The zero-order chi connectivity index (χ0) is 26.7. The predicted octanol–water partition coefficient (Wildman–Crippen LogP) is 4.34. The number of rotatable bonds is 9. The van der Waals surface area contributed by atoms with E-state index in [4.69, 9.17) is 9.26 Å². The Morgan fingerprint density at radius 3 is 2.62 bits per heavy atom. The molecule has 0 spiro atoms. The Balaban J connectivity index is 1.36. The molecular weight excluding hydrogens is 510 g/mol. The number of allylic oxidation sites excluding steroid dienone is 1. The number of aryl methyl sites for hydroxylation is 2. The largest absolute Gasteiger partial charge is 0.488 e. The van der Waals surface area contributed by atoms with Crippen LogP contribution in [0.4, 0.5) is 0 Å². The molecule has 0 saturated carbocycles. The average molecular weight is 542 g/mol. The minimum absolute atomic E-state index is 0.0272. The number of likely N-dealkylation sites (N-methyl/N-ethyl adjacent to an activating group) is 1. The van der Waals surface area contributed by atoms with Crippen LogP contribution in [0.3, 0.4) is 0 Å². The van der Waals surface area contributed by atoms with Gasteiger partial charge in [0.05, 0.1) is 17.3 Å². The fourth-order valence-corrected chi connectivity index (χ4v) is 6.03. The van der Waals surface area contributed by atoms with E-state index in [1.807, 2.05) is 34.7 Å². The number of ether oxygens (including phenoxy) is 1. The quantitative estimate of drug-likeness (QED) is 0.411. The number of benzene rings is 1. The monoisotopic (exact) mass is 541 g/mol. The maximum absolute atomic E-state index is 13.0. The molecule has 1 aliphatic rings. The zero-order valence-electron chi connectivity index (χ0n) is 21.6. The van der Waals surface area contributed by atoms with Crippen molar-refractivity contribution >= 4 is 33.9 Å². The van der Waals surface area contributed by atoms with Crippen molar-refractivity contribution in [3.8, 4) is 5.75 Å². The third-order valence-corrected chi connectivity index (χ3v) is 8.30. The number of carbonyl (C=O) groups excluding carboxylic acids is 1. The molecule has 196 valence electrons. The van der Waals surface area contributed by atoms with E-state index in [2.05, 4.69) is 32.1 Å². The number of aromatic nitrogens is 3. The van der Waals surface area contributed by atoms with Gasteiger partial charge in [-0.3, -0.25) is 9.59 Å². The lowest BCUT2D eigenvalue weighted by atomic mass is 10.0. The molecule has 2 atom stereocenters. The van der Waals surface area contributed by atoms with Crippen molar-refractivity contribution in [2.45, 2.75) is 39.7 Å². The Hall–Kier alpha value is -3.15. The number of carbonyl (C=O) groups is 1. The number of hydrogen-bond donors (Lipinski definition) is 2. The zero-order valence-corrected chi connectivity index (χ0v) is 23.2. The van der Waals surface area contributed by atoms with E-state index in [-0.39, 0.29) is 22.7 Å². The second-order valence-electron chi connectivity index (χ2n) is 9.32. The molecule has 1 fully saturated rings. The summed E-state index contributed by atoms with van der Waals surface area (Å²) in [7, 11) is 1.99. The fourth-order valence-electron chi connectivity index (χ4n) is 4.26. The van der Waals surface area contributed by atoms with E-state index >= 15 is 0 Å². The summed E-state index contributed by atoms with van der Waals surface area (Å²) in [5, 5.41) is 14.4. The molecule has 1 amide bonds. The molecular formula is C26H31N5O4S2. The van der Waals surface area contributed by atoms with E-state index < -0.39 is 0 Å². The number of H-pyrrole nitrogens is 1. The SMILES string of the molecule is C=C(SC(COc1ccc(C(=O)NC2CN(C)CC2c2n[nH]c(=O)s2)cc1)=C(C)C)c1c(C)noc1C. The highest BCUT2D eigenvalue weighted by Crippen LogP contribution is 2.37. The summed E-state index contributed by atoms with van der Waals surface area (Å²) in [6.45, 7) is 13.9. The van der Waals surface area contributed by atoms with Gasteiger partial charge in [-0.05, 0) is 59.0 Å². The van der Waals surface area contributed by atoms with Gasteiger partial charge < -0.3 is 19.5 Å². The van der Waals surface area contributed by atoms with Crippen LogP contribution in [0, 0.1) is 13.8 Å². The fraction of sp³-hybridized carbons (Fsp3) is 0.385. The summed E-state index contributed by atoms with van der Waals surface area (Å²) in [6.07, 6.45) is 0. The number of thioether (sulfide) groups is 1. The van der Waals surface area contributed by atoms with Crippen molar-refractivity contribution in [3.05, 3.63) is 78.6 Å². The first-order valence-electron chi connectivity index (χ1n) is 11.9. The summed E-state index contributed by atoms with van der Waals surface area (Å²) in [6, 6.07) is 6.97. The lowest BCUT2D eigenvalue weighted by Crippen LogP contribution is -2.39. The van der Waals surface area contributed by atoms with E-state index in [1.54, 1.807) is 36.0 Å². The normalized spacial score (nSPS) is 17.5. The standard InChI is InChI=1S/C26H31N5O4S2/c1-14(2)22(36-17(5)23-15(3)30-35-16(23)4)13-34-19-9-7-18(8-10-19)24(32)27-21-12-31(6)11-20(21)25-28-29-26(33)37-25/h7-10,20-21H,5,11-13H2,1-4,6H3,(H,27,32)(H,29,33). The van der Waals surface area contributed by atoms with Crippen LogP contribution in [-0.2, 0) is 0 Å². The number of nitrogens with zero attached hydrogens (tertiary/aromatic N) is 3. The molecule has 3 aromatic rings. The van der Waals surface area contributed by atoms with Crippen molar-refractivity contribution in [3.63, 3.8) is 0 Å². The summed E-state index contributed by atoms with van der Waals surface area (Å²) in [4.78, 5) is 28.3. The molecule has 0 radical (unpaired) electrons. The third kappa shape index (κ3) is 6.41. The number of nitrogens with one attached hydrogen (secondary N) is 2. The molecule has 2 aromatic heterocycles. The van der Waals surface area contributed by atoms with Crippen LogP contribution < -0.4 is 14.9 Å². The lowest BCUT2D eigenvalue weighted by Gasteiger charge is -2.18. The van der Waals surface area contributed by atoms with Crippen molar-refractivity contribution in [1.82, 2.24) is 25.6 Å². The summed E-state index contributed by atoms with van der Waals surface area (Å²) >= 11 is 2.64.